The van der Waals surface area contributed by atoms with Crippen molar-refractivity contribution in [3.63, 3.8) is 0 Å². The number of benzene rings is 4. The van der Waals surface area contributed by atoms with Crippen LogP contribution in [-0.2, 0) is 18.4 Å². The van der Waals surface area contributed by atoms with E-state index in [-0.39, 0.29) is 0 Å². The van der Waals surface area contributed by atoms with Gasteiger partial charge < -0.3 is 19.1 Å². The first-order valence-electron chi connectivity index (χ1n) is 14.8. The van der Waals surface area contributed by atoms with Crippen molar-refractivity contribution in [2.24, 2.45) is 0 Å². The summed E-state index contributed by atoms with van der Waals surface area (Å²) in [6.45, 7) is 7.81. The van der Waals surface area contributed by atoms with Gasteiger partial charge in [-0.2, -0.15) is 0 Å². The summed E-state index contributed by atoms with van der Waals surface area (Å²) >= 11 is 0. The lowest BCUT2D eigenvalue weighted by atomic mass is 9.79. The van der Waals surface area contributed by atoms with Gasteiger partial charge in [0.15, 0.2) is 17.1 Å². The zero-order chi connectivity index (χ0) is 30.6. The third-order valence-corrected chi connectivity index (χ3v) is 8.18. The van der Waals surface area contributed by atoms with E-state index in [1.807, 2.05) is 51.1 Å². The lowest BCUT2D eigenvalue weighted by Crippen LogP contribution is -2.31. The summed E-state index contributed by atoms with van der Waals surface area (Å²) in [6.07, 6.45) is 14.5. The van der Waals surface area contributed by atoms with Gasteiger partial charge >= 0.3 is 0 Å². The van der Waals surface area contributed by atoms with Crippen molar-refractivity contribution in [3.05, 3.63) is 132 Å². The highest BCUT2D eigenvalue weighted by molar-refractivity contribution is 6.04. The number of allylic oxidation sites excluding steroid dienone is 3. The van der Waals surface area contributed by atoms with E-state index in [1.54, 1.807) is 14.2 Å². The maximum absolute atomic E-state index is 7.09. The summed E-state index contributed by atoms with van der Waals surface area (Å²) < 4.78 is 18.5. The van der Waals surface area contributed by atoms with E-state index in [9.17, 15) is 0 Å². The van der Waals surface area contributed by atoms with E-state index < -0.39 is 5.60 Å². The molecule has 4 heteroatoms. The SMILES string of the molecule is C/C=C/C1(c2ccccc2)C=Cc2c(c3c(c4cc(OC)c(OC)cc24)CCc2ccccc2-3)O1.C=C(/C=C\C)N(C)C. The highest BCUT2D eigenvalue weighted by Crippen LogP contribution is 2.52. The fraction of sp³-hybridized carbons (Fsp3) is 0.231. The van der Waals surface area contributed by atoms with Crippen molar-refractivity contribution in [3.8, 4) is 28.4 Å². The molecule has 4 aromatic carbocycles. The molecule has 0 aromatic heterocycles. The Kier molecular flexibility index (Phi) is 8.77. The molecule has 1 heterocycles. The summed E-state index contributed by atoms with van der Waals surface area (Å²) in [5.41, 5.74) is 7.64. The first-order valence-corrected chi connectivity index (χ1v) is 14.8. The molecule has 4 nitrogen and oxygen atoms in total. The van der Waals surface area contributed by atoms with Crippen LogP contribution in [0.4, 0.5) is 0 Å². The summed E-state index contributed by atoms with van der Waals surface area (Å²) in [5.74, 6) is 2.39. The molecule has 0 saturated heterocycles. The number of hydrogen-bond acceptors (Lipinski definition) is 4. The van der Waals surface area contributed by atoms with Crippen LogP contribution in [-0.4, -0.2) is 33.2 Å². The lowest BCUT2D eigenvalue weighted by Gasteiger charge is -2.37. The first-order chi connectivity index (χ1) is 20.9. The number of ether oxygens (including phenoxy) is 3. The van der Waals surface area contributed by atoms with Crippen LogP contribution in [0.25, 0.3) is 28.0 Å². The summed E-state index contributed by atoms with van der Waals surface area (Å²) in [7, 11) is 7.33. The van der Waals surface area contributed by atoms with E-state index in [2.05, 4.69) is 91.5 Å². The van der Waals surface area contributed by atoms with Crippen LogP contribution < -0.4 is 14.2 Å². The van der Waals surface area contributed by atoms with Gasteiger partial charge in [0.2, 0.25) is 0 Å². The monoisotopic (exact) mass is 571 g/mol. The molecule has 0 amide bonds. The van der Waals surface area contributed by atoms with Gasteiger partial charge in [0.05, 0.1) is 14.2 Å². The van der Waals surface area contributed by atoms with Crippen molar-refractivity contribution in [1.82, 2.24) is 4.90 Å². The molecule has 0 bridgehead atoms. The second kappa shape index (κ2) is 12.7. The van der Waals surface area contributed by atoms with Crippen LogP contribution in [0.15, 0.2) is 109 Å². The Morgan fingerprint density at radius 3 is 2.19 bits per heavy atom. The third-order valence-electron chi connectivity index (χ3n) is 8.18. The predicted molar refractivity (Wildman–Crippen MR) is 180 cm³/mol. The molecule has 0 N–H and O–H groups in total. The fourth-order valence-electron chi connectivity index (χ4n) is 5.98. The Morgan fingerprint density at radius 2 is 1.56 bits per heavy atom. The molecule has 1 aliphatic carbocycles. The molecule has 6 rings (SSSR count). The van der Waals surface area contributed by atoms with Gasteiger partial charge in [-0.3, -0.25) is 0 Å². The second-order valence-corrected chi connectivity index (χ2v) is 11.0. The van der Waals surface area contributed by atoms with Gasteiger partial charge in [0.1, 0.15) is 5.75 Å². The maximum atomic E-state index is 7.09. The Hall–Kier alpha value is -4.70. The Balaban J connectivity index is 0.000000407. The quantitative estimate of drug-likeness (QED) is 0.171. The molecule has 0 saturated carbocycles. The van der Waals surface area contributed by atoms with Crippen LogP contribution in [0.1, 0.15) is 36.1 Å². The van der Waals surface area contributed by atoms with Crippen molar-refractivity contribution >= 4 is 16.8 Å². The molecule has 220 valence electrons. The number of nitrogens with zero attached hydrogens (tertiary/aromatic N) is 1. The smallest absolute Gasteiger partial charge is 0.171 e. The molecule has 0 fully saturated rings. The van der Waals surface area contributed by atoms with E-state index >= 15 is 0 Å². The van der Waals surface area contributed by atoms with Gasteiger partial charge in [-0.05, 0) is 90.6 Å². The number of methoxy groups -OCH3 is 2. The largest absolute Gasteiger partial charge is 0.493 e. The minimum absolute atomic E-state index is 0.673. The van der Waals surface area contributed by atoms with E-state index in [0.29, 0.717) is 0 Å². The summed E-state index contributed by atoms with van der Waals surface area (Å²) in [4.78, 5) is 1.97. The average molecular weight is 572 g/mol. The van der Waals surface area contributed by atoms with Crippen molar-refractivity contribution in [2.45, 2.75) is 32.3 Å². The lowest BCUT2D eigenvalue weighted by molar-refractivity contribution is 0.170. The Morgan fingerprint density at radius 1 is 0.884 bits per heavy atom. The Bertz CT molecular complexity index is 1730. The summed E-state index contributed by atoms with van der Waals surface area (Å²) in [6, 6.07) is 23.3. The normalized spacial score (nSPS) is 16.5. The number of fused-ring (bicyclic) bond motifs is 8. The minimum atomic E-state index is -0.673. The fourth-order valence-corrected chi connectivity index (χ4v) is 5.98. The van der Waals surface area contributed by atoms with E-state index in [0.717, 1.165) is 52.3 Å². The maximum Gasteiger partial charge on any atom is 0.171 e. The molecule has 2 aliphatic rings. The molecular weight excluding hydrogens is 530 g/mol. The Labute approximate surface area is 256 Å². The van der Waals surface area contributed by atoms with Crippen molar-refractivity contribution < 1.29 is 14.2 Å². The minimum Gasteiger partial charge on any atom is -0.493 e. The van der Waals surface area contributed by atoms with Crippen LogP contribution in [0, 0.1) is 0 Å². The van der Waals surface area contributed by atoms with Gasteiger partial charge in [0, 0.05) is 36.5 Å². The van der Waals surface area contributed by atoms with Crippen LogP contribution >= 0.6 is 0 Å². The molecule has 43 heavy (non-hydrogen) atoms. The molecule has 1 aliphatic heterocycles. The highest BCUT2D eigenvalue weighted by atomic mass is 16.5. The zero-order valence-electron chi connectivity index (χ0n) is 26.1. The molecule has 0 radical (unpaired) electrons. The first kappa shape index (κ1) is 29.8. The summed E-state index contributed by atoms with van der Waals surface area (Å²) in [5, 5.41) is 2.31. The average Bonchev–Trinajstić information content (AvgIpc) is 3.04. The van der Waals surface area contributed by atoms with E-state index in [4.69, 9.17) is 14.2 Å². The van der Waals surface area contributed by atoms with Gasteiger partial charge in [-0.25, -0.2) is 0 Å². The molecule has 0 spiro atoms. The van der Waals surface area contributed by atoms with Crippen LogP contribution in [0.3, 0.4) is 0 Å². The molecule has 1 atom stereocenters. The van der Waals surface area contributed by atoms with Crippen LogP contribution in [0.5, 0.6) is 17.2 Å². The van der Waals surface area contributed by atoms with Gasteiger partial charge in [-0.1, -0.05) is 73.3 Å². The second-order valence-electron chi connectivity index (χ2n) is 11.0. The number of rotatable bonds is 6. The predicted octanol–water partition coefficient (Wildman–Crippen LogP) is 9.14. The molecule has 1 unspecified atom stereocenters. The van der Waals surface area contributed by atoms with Crippen molar-refractivity contribution in [2.75, 3.05) is 28.3 Å². The topological polar surface area (TPSA) is 30.9 Å². The zero-order valence-corrected chi connectivity index (χ0v) is 26.1. The van der Waals surface area contributed by atoms with Gasteiger partial charge in [-0.15, -0.1) is 0 Å². The molecular formula is C39H41NO3. The number of hydrogen-bond donors (Lipinski definition) is 0. The van der Waals surface area contributed by atoms with Crippen molar-refractivity contribution in [1.29, 1.82) is 0 Å². The number of aryl methyl sites for hydroxylation is 2. The standard InChI is InChI=1S/C32H28O3.C7H13N/c1-4-17-32(22-11-6-5-7-12-22)18-16-25-27-20-29(34-3)28(33-2)19-26(27)24-15-14-21-10-8-9-13-23(21)30(24)31(25)35-32;1-5-6-7(2)8(3)4/h4-13,16-20H,14-15H2,1-3H3;5-6H,2H2,1,3-4H3/b17-4+;6-5-. The van der Waals surface area contributed by atoms with E-state index in [1.165, 1.54) is 27.6 Å². The highest BCUT2D eigenvalue weighted by Gasteiger charge is 2.36. The van der Waals surface area contributed by atoms with Crippen LogP contribution in [0.2, 0.25) is 0 Å². The molecule has 4 aromatic rings. The number of likely N-dealkylation sites (N-methyl/N-ethyl adjacent to an activating group) is 1. The third kappa shape index (κ3) is 5.58. The van der Waals surface area contributed by atoms with Gasteiger partial charge in [0.25, 0.3) is 0 Å².